The summed E-state index contributed by atoms with van der Waals surface area (Å²) in [5.74, 6) is -0.165. The van der Waals surface area contributed by atoms with Crippen LogP contribution in [0.4, 0.5) is 9.18 Å². The standard InChI is InChI=1S/C19H29FN2O4/c1-6-19(5,13-22-17(24)26-18(2,3)4)16(23)21-10-11-25-15-9-7-8-14(20)12-15/h7-9,12H,6,10-11,13H2,1-5H3,(H,21,23)(H,22,24)/t19-/m1/s1. The summed E-state index contributed by atoms with van der Waals surface area (Å²) in [6, 6.07) is 5.81. The molecule has 2 amide bonds. The zero-order valence-electron chi connectivity index (χ0n) is 16.1. The smallest absolute Gasteiger partial charge is 0.407 e. The number of nitrogens with one attached hydrogen (secondary N) is 2. The maximum absolute atomic E-state index is 13.1. The third kappa shape index (κ3) is 7.72. The second kappa shape index (κ2) is 9.40. The van der Waals surface area contributed by atoms with Gasteiger partial charge in [-0.05, 0) is 46.2 Å². The Morgan fingerprint density at radius 1 is 1.15 bits per heavy atom. The fourth-order valence-corrected chi connectivity index (χ4v) is 2.05. The topological polar surface area (TPSA) is 76.7 Å². The van der Waals surface area contributed by atoms with E-state index >= 15 is 0 Å². The number of halogens is 1. The molecular weight excluding hydrogens is 339 g/mol. The fourth-order valence-electron chi connectivity index (χ4n) is 2.05. The number of carbonyl (C=O) groups excluding carboxylic acids is 2. The highest BCUT2D eigenvalue weighted by Gasteiger charge is 2.32. The molecule has 0 aromatic heterocycles. The molecule has 2 N–H and O–H groups in total. The minimum Gasteiger partial charge on any atom is -0.492 e. The lowest BCUT2D eigenvalue weighted by atomic mass is 9.86. The van der Waals surface area contributed by atoms with Gasteiger partial charge in [0, 0.05) is 12.6 Å². The van der Waals surface area contributed by atoms with E-state index in [1.165, 1.54) is 12.1 Å². The van der Waals surface area contributed by atoms with Crippen LogP contribution in [0.3, 0.4) is 0 Å². The second-order valence-corrected chi connectivity index (χ2v) is 7.33. The molecule has 1 aromatic carbocycles. The number of amides is 2. The number of rotatable bonds is 8. The van der Waals surface area contributed by atoms with Crippen molar-refractivity contribution in [1.82, 2.24) is 10.6 Å². The van der Waals surface area contributed by atoms with Crippen LogP contribution in [0, 0.1) is 11.2 Å². The second-order valence-electron chi connectivity index (χ2n) is 7.33. The van der Waals surface area contributed by atoms with Gasteiger partial charge in [-0.25, -0.2) is 9.18 Å². The molecule has 146 valence electrons. The van der Waals surface area contributed by atoms with E-state index in [1.54, 1.807) is 39.8 Å². The predicted molar refractivity (Wildman–Crippen MR) is 97.5 cm³/mol. The molecule has 0 unspecified atom stereocenters. The van der Waals surface area contributed by atoms with E-state index in [-0.39, 0.29) is 31.4 Å². The van der Waals surface area contributed by atoms with Gasteiger partial charge in [-0.1, -0.05) is 13.0 Å². The van der Waals surface area contributed by atoms with Crippen LogP contribution >= 0.6 is 0 Å². The summed E-state index contributed by atoms with van der Waals surface area (Å²) >= 11 is 0. The van der Waals surface area contributed by atoms with Crippen LogP contribution in [0.5, 0.6) is 5.75 Å². The molecule has 6 nitrogen and oxygen atoms in total. The highest BCUT2D eigenvalue weighted by atomic mass is 19.1. The van der Waals surface area contributed by atoms with E-state index in [9.17, 15) is 14.0 Å². The monoisotopic (exact) mass is 368 g/mol. The lowest BCUT2D eigenvalue weighted by Gasteiger charge is -2.28. The van der Waals surface area contributed by atoms with Gasteiger partial charge < -0.3 is 20.1 Å². The quantitative estimate of drug-likeness (QED) is 0.691. The summed E-state index contributed by atoms with van der Waals surface area (Å²) in [4.78, 5) is 24.2. The lowest BCUT2D eigenvalue weighted by Crippen LogP contribution is -2.48. The minimum atomic E-state index is -0.768. The molecule has 0 saturated heterocycles. The molecule has 7 heteroatoms. The van der Waals surface area contributed by atoms with Crippen LogP contribution in [-0.4, -0.2) is 37.3 Å². The molecule has 0 fully saturated rings. The van der Waals surface area contributed by atoms with Crippen molar-refractivity contribution in [2.24, 2.45) is 5.41 Å². The Labute approximate surface area is 154 Å². The first kappa shape index (κ1) is 21.7. The van der Waals surface area contributed by atoms with Crippen LogP contribution in [0.1, 0.15) is 41.0 Å². The number of hydrogen-bond donors (Lipinski definition) is 2. The summed E-state index contributed by atoms with van der Waals surface area (Å²) in [6.45, 7) is 9.62. The first-order valence-corrected chi connectivity index (χ1v) is 8.69. The predicted octanol–water partition coefficient (Wildman–Crippen LogP) is 3.26. The van der Waals surface area contributed by atoms with Crippen molar-refractivity contribution in [3.63, 3.8) is 0 Å². The summed E-state index contributed by atoms with van der Waals surface area (Å²) in [5.41, 5.74) is -1.36. The molecule has 0 heterocycles. The van der Waals surface area contributed by atoms with Gasteiger partial charge in [0.25, 0.3) is 0 Å². The van der Waals surface area contributed by atoms with Crippen LogP contribution in [-0.2, 0) is 9.53 Å². The Morgan fingerprint density at radius 2 is 1.85 bits per heavy atom. The van der Waals surface area contributed by atoms with E-state index in [4.69, 9.17) is 9.47 Å². The normalized spacial score (nSPS) is 13.5. The molecule has 1 aromatic rings. The fraction of sp³-hybridized carbons (Fsp3) is 0.579. The highest BCUT2D eigenvalue weighted by Crippen LogP contribution is 2.20. The van der Waals surface area contributed by atoms with Gasteiger partial charge in [0.05, 0.1) is 12.0 Å². The Morgan fingerprint density at radius 3 is 2.42 bits per heavy atom. The van der Waals surface area contributed by atoms with E-state index in [0.717, 1.165) is 0 Å². The number of ether oxygens (including phenoxy) is 2. The molecule has 0 bridgehead atoms. The molecule has 0 aliphatic heterocycles. The Bertz CT molecular complexity index is 616. The maximum atomic E-state index is 13.1. The van der Waals surface area contributed by atoms with Crippen molar-refractivity contribution >= 4 is 12.0 Å². The van der Waals surface area contributed by atoms with Crippen molar-refractivity contribution in [3.8, 4) is 5.75 Å². The van der Waals surface area contributed by atoms with Gasteiger partial charge in [-0.3, -0.25) is 4.79 Å². The Hall–Kier alpha value is -2.31. The molecule has 0 radical (unpaired) electrons. The van der Waals surface area contributed by atoms with Crippen molar-refractivity contribution < 1.29 is 23.5 Å². The van der Waals surface area contributed by atoms with Gasteiger partial charge in [0.15, 0.2) is 0 Å². The molecule has 26 heavy (non-hydrogen) atoms. The van der Waals surface area contributed by atoms with Crippen molar-refractivity contribution in [1.29, 1.82) is 0 Å². The summed E-state index contributed by atoms with van der Waals surface area (Å²) in [7, 11) is 0. The molecular formula is C19H29FN2O4. The van der Waals surface area contributed by atoms with Gasteiger partial charge in [-0.2, -0.15) is 0 Å². The van der Waals surface area contributed by atoms with Crippen molar-refractivity contribution in [2.75, 3.05) is 19.7 Å². The van der Waals surface area contributed by atoms with Crippen LogP contribution in [0.15, 0.2) is 24.3 Å². The van der Waals surface area contributed by atoms with E-state index < -0.39 is 17.1 Å². The first-order valence-electron chi connectivity index (χ1n) is 8.69. The van der Waals surface area contributed by atoms with E-state index in [2.05, 4.69) is 10.6 Å². The third-order valence-electron chi connectivity index (χ3n) is 3.80. The zero-order chi connectivity index (χ0) is 19.8. The van der Waals surface area contributed by atoms with Gasteiger partial charge in [0.2, 0.25) is 5.91 Å². The number of alkyl carbamates (subject to hydrolysis) is 1. The molecule has 0 spiro atoms. The SMILES string of the molecule is CC[C@](C)(CNC(=O)OC(C)(C)C)C(=O)NCCOc1cccc(F)c1. The van der Waals surface area contributed by atoms with Crippen molar-refractivity contribution in [3.05, 3.63) is 30.1 Å². The molecule has 1 atom stereocenters. The highest BCUT2D eigenvalue weighted by molar-refractivity contribution is 5.83. The Balaban J connectivity index is 2.42. The lowest BCUT2D eigenvalue weighted by molar-refractivity contribution is -0.130. The summed E-state index contributed by atoms with van der Waals surface area (Å²) in [5, 5.41) is 5.42. The van der Waals surface area contributed by atoms with Crippen LogP contribution in [0.25, 0.3) is 0 Å². The molecule has 0 aliphatic rings. The van der Waals surface area contributed by atoms with Gasteiger partial charge in [-0.15, -0.1) is 0 Å². The Kier molecular flexibility index (Phi) is 7.86. The number of benzene rings is 1. The van der Waals surface area contributed by atoms with E-state index in [1.807, 2.05) is 6.92 Å². The molecule has 0 saturated carbocycles. The molecule has 1 rings (SSSR count). The molecule has 0 aliphatic carbocycles. The first-order chi connectivity index (χ1) is 12.1. The largest absolute Gasteiger partial charge is 0.492 e. The van der Waals surface area contributed by atoms with E-state index in [0.29, 0.717) is 12.2 Å². The van der Waals surface area contributed by atoms with Crippen LogP contribution < -0.4 is 15.4 Å². The van der Waals surface area contributed by atoms with Crippen LogP contribution in [0.2, 0.25) is 0 Å². The zero-order valence-corrected chi connectivity index (χ0v) is 16.1. The minimum absolute atomic E-state index is 0.162. The summed E-state index contributed by atoms with van der Waals surface area (Å²) in [6.07, 6.45) is -0.0150. The summed E-state index contributed by atoms with van der Waals surface area (Å²) < 4.78 is 23.6. The maximum Gasteiger partial charge on any atom is 0.407 e. The third-order valence-corrected chi connectivity index (χ3v) is 3.80. The number of carbonyl (C=O) groups is 2. The van der Waals surface area contributed by atoms with Gasteiger partial charge >= 0.3 is 6.09 Å². The van der Waals surface area contributed by atoms with Gasteiger partial charge in [0.1, 0.15) is 23.8 Å². The average molecular weight is 368 g/mol. The average Bonchev–Trinajstić information content (AvgIpc) is 2.55. The number of hydrogen-bond acceptors (Lipinski definition) is 4. The van der Waals surface area contributed by atoms with Crippen molar-refractivity contribution in [2.45, 2.75) is 46.6 Å².